The van der Waals surface area contributed by atoms with Gasteiger partial charge in [0.25, 0.3) is 0 Å². The average molecular weight is 326 g/mol. The fraction of sp³-hybridized carbons (Fsp3) is 0.455. The molecule has 0 radical (unpaired) electrons. The second kappa shape index (κ2) is 6.16. The van der Waals surface area contributed by atoms with Crippen LogP contribution in [0.25, 0.3) is 11.1 Å². The van der Waals surface area contributed by atoms with Gasteiger partial charge in [-0.25, -0.2) is 0 Å². The van der Waals surface area contributed by atoms with Crippen LogP contribution >= 0.6 is 0 Å². The van der Waals surface area contributed by atoms with Gasteiger partial charge in [0, 0.05) is 5.56 Å². The molecule has 0 fully saturated rings. The molecule has 2 aromatic carbocycles. The van der Waals surface area contributed by atoms with E-state index >= 15 is 0 Å². The predicted octanol–water partition coefficient (Wildman–Crippen LogP) is 6.10. The van der Waals surface area contributed by atoms with Crippen LogP contribution in [0.1, 0.15) is 57.7 Å². The van der Waals surface area contributed by atoms with Crippen LogP contribution in [0.3, 0.4) is 0 Å². The molecule has 0 saturated heterocycles. The quantitative estimate of drug-likeness (QED) is 0.716. The summed E-state index contributed by atoms with van der Waals surface area (Å²) in [5.74, 6) is 0.511. The van der Waals surface area contributed by atoms with E-state index in [4.69, 9.17) is 0 Å². The topological polar surface area (TPSA) is 40.5 Å². The van der Waals surface area contributed by atoms with Crippen molar-refractivity contribution in [3.05, 3.63) is 47.0 Å². The lowest BCUT2D eigenvalue weighted by atomic mass is 9.72. The maximum atomic E-state index is 10.4. The summed E-state index contributed by atoms with van der Waals surface area (Å²) in [6.45, 7) is 15.1. The number of hydrogen-bond donors (Lipinski definition) is 2. The normalized spacial score (nSPS) is 12.5. The van der Waals surface area contributed by atoms with E-state index in [9.17, 15) is 10.2 Å². The number of benzene rings is 2. The summed E-state index contributed by atoms with van der Waals surface area (Å²) in [6, 6.07) is 9.47. The van der Waals surface area contributed by atoms with Gasteiger partial charge >= 0.3 is 0 Å². The van der Waals surface area contributed by atoms with Gasteiger partial charge in [-0.2, -0.15) is 0 Å². The van der Waals surface area contributed by atoms with Gasteiger partial charge in [-0.1, -0.05) is 46.8 Å². The summed E-state index contributed by atoms with van der Waals surface area (Å²) >= 11 is 0. The first-order valence-corrected chi connectivity index (χ1v) is 8.55. The zero-order valence-corrected chi connectivity index (χ0v) is 16.0. The molecular weight excluding hydrogens is 296 g/mol. The van der Waals surface area contributed by atoms with Crippen molar-refractivity contribution in [1.82, 2.24) is 0 Å². The summed E-state index contributed by atoms with van der Waals surface area (Å²) in [7, 11) is 0. The van der Waals surface area contributed by atoms with E-state index in [1.54, 1.807) is 12.1 Å². The van der Waals surface area contributed by atoms with E-state index in [-0.39, 0.29) is 22.3 Å². The average Bonchev–Trinajstić information content (AvgIpc) is 2.42. The van der Waals surface area contributed by atoms with Crippen LogP contribution < -0.4 is 0 Å². The van der Waals surface area contributed by atoms with Gasteiger partial charge in [-0.05, 0) is 71.6 Å². The standard InChI is InChI=1S/C22H30O2/c1-14-8-10-18(23)15(2)20(14)17-12-16(9-11-19(17)24)22(6,7)13-21(3,4)5/h8-12,23-24H,13H2,1-7H3. The van der Waals surface area contributed by atoms with Crippen LogP contribution in [0.4, 0.5) is 0 Å². The van der Waals surface area contributed by atoms with Crippen molar-refractivity contribution in [2.24, 2.45) is 5.41 Å². The summed E-state index contributed by atoms with van der Waals surface area (Å²) in [5.41, 5.74) is 4.98. The summed E-state index contributed by atoms with van der Waals surface area (Å²) in [5, 5.41) is 20.5. The monoisotopic (exact) mass is 326 g/mol. The molecule has 2 heteroatoms. The molecule has 0 aliphatic heterocycles. The molecular formula is C22H30O2. The van der Waals surface area contributed by atoms with Gasteiger partial charge in [0.1, 0.15) is 11.5 Å². The van der Waals surface area contributed by atoms with Crippen LogP contribution in [0.2, 0.25) is 0 Å². The fourth-order valence-corrected chi connectivity index (χ4v) is 3.84. The minimum absolute atomic E-state index is 0.000660. The summed E-state index contributed by atoms with van der Waals surface area (Å²) < 4.78 is 0. The Morgan fingerprint density at radius 1 is 0.833 bits per heavy atom. The largest absolute Gasteiger partial charge is 0.508 e. The first-order valence-electron chi connectivity index (χ1n) is 8.55. The number of hydrogen-bond acceptors (Lipinski definition) is 2. The number of phenols is 2. The molecule has 0 unspecified atom stereocenters. The molecule has 0 spiro atoms. The van der Waals surface area contributed by atoms with E-state index in [0.29, 0.717) is 0 Å². The van der Waals surface area contributed by atoms with Gasteiger partial charge in [0.15, 0.2) is 0 Å². The Morgan fingerprint density at radius 3 is 2.00 bits per heavy atom. The molecule has 0 aromatic heterocycles. The zero-order chi connectivity index (χ0) is 18.3. The summed E-state index contributed by atoms with van der Waals surface area (Å²) in [6.07, 6.45) is 1.04. The van der Waals surface area contributed by atoms with Crippen LogP contribution in [0, 0.1) is 19.3 Å². The number of aryl methyl sites for hydroxylation is 1. The van der Waals surface area contributed by atoms with Crippen molar-refractivity contribution < 1.29 is 10.2 Å². The van der Waals surface area contributed by atoms with Crippen molar-refractivity contribution in [2.75, 3.05) is 0 Å². The molecule has 130 valence electrons. The third kappa shape index (κ3) is 3.75. The molecule has 0 aliphatic carbocycles. The van der Waals surface area contributed by atoms with E-state index in [0.717, 1.165) is 28.7 Å². The first kappa shape index (κ1) is 18.4. The van der Waals surface area contributed by atoms with Crippen LogP contribution in [0.15, 0.2) is 30.3 Å². The molecule has 24 heavy (non-hydrogen) atoms. The first-order chi connectivity index (χ1) is 10.9. The van der Waals surface area contributed by atoms with Crippen LogP contribution in [-0.4, -0.2) is 10.2 Å². The highest BCUT2D eigenvalue weighted by molar-refractivity contribution is 5.78. The maximum absolute atomic E-state index is 10.4. The third-order valence-corrected chi connectivity index (χ3v) is 4.66. The van der Waals surface area contributed by atoms with Gasteiger partial charge in [0.2, 0.25) is 0 Å². The minimum Gasteiger partial charge on any atom is -0.508 e. The van der Waals surface area contributed by atoms with Gasteiger partial charge < -0.3 is 10.2 Å². The Hall–Kier alpha value is -1.96. The number of phenolic OH excluding ortho intramolecular Hbond substituents is 2. The smallest absolute Gasteiger partial charge is 0.123 e. The minimum atomic E-state index is -0.000660. The Kier molecular flexibility index (Phi) is 4.72. The van der Waals surface area contributed by atoms with Crippen molar-refractivity contribution in [3.8, 4) is 22.6 Å². The Bertz CT molecular complexity index is 749. The van der Waals surface area contributed by atoms with Gasteiger partial charge in [0.05, 0.1) is 0 Å². The molecule has 0 heterocycles. The zero-order valence-electron chi connectivity index (χ0n) is 16.0. The summed E-state index contributed by atoms with van der Waals surface area (Å²) in [4.78, 5) is 0. The molecule has 0 bridgehead atoms. The fourth-order valence-electron chi connectivity index (χ4n) is 3.84. The highest BCUT2D eigenvalue weighted by atomic mass is 16.3. The predicted molar refractivity (Wildman–Crippen MR) is 102 cm³/mol. The highest BCUT2D eigenvalue weighted by Gasteiger charge is 2.28. The molecule has 2 nitrogen and oxygen atoms in total. The Morgan fingerprint density at radius 2 is 1.42 bits per heavy atom. The van der Waals surface area contributed by atoms with E-state index < -0.39 is 0 Å². The van der Waals surface area contributed by atoms with Crippen molar-refractivity contribution in [1.29, 1.82) is 0 Å². The van der Waals surface area contributed by atoms with Gasteiger partial charge in [-0.15, -0.1) is 0 Å². The Labute approximate surface area is 146 Å². The second-order valence-corrected chi connectivity index (χ2v) is 8.75. The number of aromatic hydroxyl groups is 2. The molecule has 0 atom stereocenters. The van der Waals surface area contributed by atoms with E-state index in [1.165, 1.54) is 5.56 Å². The SMILES string of the molecule is Cc1ccc(O)c(C)c1-c1cc(C(C)(C)CC(C)(C)C)ccc1O. The van der Waals surface area contributed by atoms with Gasteiger partial charge in [-0.3, -0.25) is 0 Å². The molecule has 2 aromatic rings. The Balaban J connectivity index is 2.61. The lowest BCUT2D eigenvalue weighted by Gasteiger charge is -2.33. The molecule has 0 amide bonds. The van der Waals surface area contributed by atoms with Crippen molar-refractivity contribution in [3.63, 3.8) is 0 Å². The van der Waals surface area contributed by atoms with Crippen molar-refractivity contribution >= 4 is 0 Å². The highest BCUT2D eigenvalue weighted by Crippen LogP contribution is 2.42. The van der Waals surface area contributed by atoms with Crippen molar-refractivity contribution in [2.45, 2.75) is 60.3 Å². The van der Waals surface area contributed by atoms with E-state index in [2.05, 4.69) is 40.7 Å². The molecule has 2 rings (SSSR count). The molecule has 2 N–H and O–H groups in total. The van der Waals surface area contributed by atoms with Crippen LogP contribution in [-0.2, 0) is 5.41 Å². The lowest BCUT2D eigenvalue weighted by molar-refractivity contribution is 0.284. The molecule has 0 saturated carbocycles. The van der Waals surface area contributed by atoms with E-state index in [1.807, 2.05) is 26.0 Å². The second-order valence-electron chi connectivity index (χ2n) is 8.75. The number of rotatable bonds is 3. The third-order valence-electron chi connectivity index (χ3n) is 4.66. The molecule has 0 aliphatic rings. The van der Waals surface area contributed by atoms with Crippen LogP contribution in [0.5, 0.6) is 11.5 Å². The lowest BCUT2D eigenvalue weighted by Crippen LogP contribution is -2.24. The maximum Gasteiger partial charge on any atom is 0.123 e.